The number of halogens is 1. The molecule has 0 aliphatic heterocycles. The highest BCUT2D eigenvalue weighted by Gasteiger charge is 2.19. The molecule has 0 saturated carbocycles. The van der Waals surface area contributed by atoms with Gasteiger partial charge in [0.05, 0.1) is 22.9 Å². The summed E-state index contributed by atoms with van der Waals surface area (Å²) in [6, 6.07) is 3.33. The molecular formula is C9H4ClN5O2S. The molecule has 0 fully saturated rings. The Labute approximate surface area is 109 Å². The van der Waals surface area contributed by atoms with E-state index < -0.39 is 5.97 Å². The van der Waals surface area contributed by atoms with Gasteiger partial charge >= 0.3 is 5.97 Å². The number of fused-ring (bicyclic) bond motifs is 1. The predicted molar refractivity (Wildman–Crippen MR) is 64.3 cm³/mol. The number of aromatic carboxylic acids is 1. The number of hydrogen-bond donors (Lipinski definition) is 1. The van der Waals surface area contributed by atoms with E-state index >= 15 is 0 Å². The van der Waals surface area contributed by atoms with Crippen molar-refractivity contribution in [3.63, 3.8) is 0 Å². The molecule has 0 atom stereocenters. The zero-order chi connectivity index (χ0) is 12.7. The highest BCUT2D eigenvalue weighted by molar-refractivity contribution is 7.00. The first-order chi connectivity index (χ1) is 8.68. The maximum Gasteiger partial charge on any atom is 0.356 e. The molecule has 0 unspecified atom stereocenters. The third kappa shape index (κ3) is 1.54. The quantitative estimate of drug-likeness (QED) is 0.767. The maximum absolute atomic E-state index is 11.1. The topological polar surface area (TPSA) is 93.8 Å². The molecule has 0 radical (unpaired) electrons. The lowest BCUT2D eigenvalue weighted by Gasteiger charge is -2.05. The summed E-state index contributed by atoms with van der Waals surface area (Å²) in [5.41, 5.74) is 1.42. The number of carboxylic acid groups (broad SMARTS) is 1. The van der Waals surface area contributed by atoms with Crippen LogP contribution in [0.4, 0.5) is 0 Å². The highest BCUT2D eigenvalue weighted by atomic mass is 35.5. The van der Waals surface area contributed by atoms with Crippen molar-refractivity contribution in [2.45, 2.75) is 0 Å². The molecular weight excluding hydrogens is 278 g/mol. The van der Waals surface area contributed by atoms with Crippen LogP contribution in [0.1, 0.15) is 10.5 Å². The molecule has 0 amide bonds. The van der Waals surface area contributed by atoms with Gasteiger partial charge in [0, 0.05) is 0 Å². The standard InChI is InChI=1S/C9H4ClN5O2S/c10-4-1-2-5-7(13-18-12-5)8(4)15-6(9(16)17)3-11-14-15/h1-3H,(H,16,17). The molecule has 7 nitrogen and oxygen atoms in total. The first-order valence-electron chi connectivity index (χ1n) is 4.73. The minimum atomic E-state index is -1.14. The van der Waals surface area contributed by atoms with Gasteiger partial charge in [-0.3, -0.25) is 0 Å². The number of carboxylic acids is 1. The summed E-state index contributed by atoms with van der Waals surface area (Å²) >= 11 is 7.10. The monoisotopic (exact) mass is 281 g/mol. The molecule has 2 heterocycles. The van der Waals surface area contributed by atoms with E-state index in [0.717, 1.165) is 22.6 Å². The van der Waals surface area contributed by atoms with E-state index in [1.54, 1.807) is 12.1 Å². The van der Waals surface area contributed by atoms with E-state index in [1.165, 1.54) is 0 Å². The van der Waals surface area contributed by atoms with Gasteiger partial charge in [-0.1, -0.05) is 16.8 Å². The van der Waals surface area contributed by atoms with E-state index in [4.69, 9.17) is 16.7 Å². The number of aromatic nitrogens is 5. The Balaban J connectivity index is 2.37. The molecule has 0 bridgehead atoms. The van der Waals surface area contributed by atoms with Crippen LogP contribution in [-0.4, -0.2) is 34.8 Å². The van der Waals surface area contributed by atoms with Gasteiger partial charge in [-0.05, 0) is 12.1 Å². The summed E-state index contributed by atoms with van der Waals surface area (Å²) in [7, 11) is 0. The maximum atomic E-state index is 11.1. The summed E-state index contributed by atoms with van der Waals surface area (Å²) < 4.78 is 9.32. The summed E-state index contributed by atoms with van der Waals surface area (Å²) in [6.45, 7) is 0. The Morgan fingerprint density at radius 2 is 2.22 bits per heavy atom. The minimum Gasteiger partial charge on any atom is -0.476 e. The van der Waals surface area contributed by atoms with Crippen LogP contribution in [0.2, 0.25) is 5.02 Å². The van der Waals surface area contributed by atoms with Gasteiger partial charge in [-0.25, -0.2) is 9.48 Å². The fraction of sp³-hybridized carbons (Fsp3) is 0. The van der Waals surface area contributed by atoms with E-state index in [0.29, 0.717) is 21.7 Å². The van der Waals surface area contributed by atoms with Crippen LogP contribution >= 0.6 is 23.3 Å². The molecule has 0 aliphatic carbocycles. The largest absolute Gasteiger partial charge is 0.476 e. The number of hydrogen-bond acceptors (Lipinski definition) is 6. The van der Waals surface area contributed by atoms with Crippen LogP contribution in [0, 0.1) is 0 Å². The van der Waals surface area contributed by atoms with Crippen molar-refractivity contribution < 1.29 is 9.90 Å². The van der Waals surface area contributed by atoms with Gasteiger partial charge in [-0.2, -0.15) is 8.75 Å². The second-order valence-corrected chi connectivity index (χ2v) is 4.30. The Morgan fingerprint density at radius 1 is 1.39 bits per heavy atom. The molecule has 3 aromatic rings. The smallest absolute Gasteiger partial charge is 0.356 e. The predicted octanol–water partition coefficient (Wildman–Crippen LogP) is 1.62. The highest BCUT2D eigenvalue weighted by Crippen LogP contribution is 2.28. The van der Waals surface area contributed by atoms with Crippen molar-refractivity contribution in [3.8, 4) is 5.69 Å². The lowest BCUT2D eigenvalue weighted by atomic mass is 10.2. The Morgan fingerprint density at radius 3 is 3.00 bits per heavy atom. The van der Waals surface area contributed by atoms with E-state index in [-0.39, 0.29) is 5.69 Å². The van der Waals surface area contributed by atoms with Gasteiger partial charge in [0.2, 0.25) is 0 Å². The third-order valence-corrected chi connectivity index (χ3v) is 3.18. The molecule has 0 spiro atoms. The molecule has 90 valence electrons. The average Bonchev–Trinajstić information content (AvgIpc) is 2.95. The first-order valence-corrected chi connectivity index (χ1v) is 5.84. The van der Waals surface area contributed by atoms with Crippen LogP contribution in [0.3, 0.4) is 0 Å². The van der Waals surface area contributed by atoms with Gasteiger partial charge in [0.1, 0.15) is 16.7 Å². The SMILES string of the molecule is O=C(O)c1cnnn1-c1c(Cl)ccc2nsnc12. The van der Waals surface area contributed by atoms with Crippen molar-refractivity contribution in [1.82, 2.24) is 23.7 Å². The summed E-state index contributed by atoms with van der Waals surface area (Å²) in [4.78, 5) is 11.1. The van der Waals surface area contributed by atoms with Crippen LogP contribution < -0.4 is 0 Å². The summed E-state index contributed by atoms with van der Waals surface area (Å²) in [5, 5.41) is 16.7. The lowest BCUT2D eigenvalue weighted by Crippen LogP contribution is -2.09. The normalized spacial score (nSPS) is 10.9. The Kier molecular flexibility index (Phi) is 2.46. The number of rotatable bonds is 2. The van der Waals surface area contributed by atoms with Gasteiger partial charge < -0.3 is 5.11 Å². The van der Waals surface area contributed by atoms with Crippen molar-refractivity contribution >= 4 is 40.3 Å². The first kappa shape index (κ1) is 11.1. The van der Waals surface area contributed by atoms with E-state index in [2.05, 4.69) is 19.1 Å². The van der Waals surface area contributed by atoms with E-state index in [9.17, 15) is 4.79 Å². The second kappa shape index (κ2) is 4.00. The fourth-order valence-electron chi connectivity index (χ4n) is 1.56. The average molecular weight is 282 g/mol. The van der Waals surface area contributed by atoms with Gasteiger partial charge in [0.15, 0.2) is 5.69 Å². The van der Waals surface area contributed by atoms with Crippen LogP contribution in [-0.2, 0) is 0 Å². The molecule has 3 rings (SSSR count). The number of benzene rings is 1. The molecule has 2 aromatic heterocycles. The Bertz CT molecular complexity index is 752. The molecule has 1 aromatic carbocycles. The number of nitrogens with zero attached hydrogens (tertiary/aromatic N) is 5. The van der Waals surface area contributed by atoms with E-state index in [1.807, 2.05) is 0 Å². The second-order valence-electron chi connectivity index (χ2n) is 3.36. The molecule has 0 saturated heterocycles. The molecule has 1 N–H and O–H groups in total. The van der Waals surface area contributed by atoms with Crippen molar-refractivity contribution in [2.24, 2.45) is 0 Å². The van der Waals surface area contributed by atoms with Crippen molar-refractivity contribution in [1.29, 1.82) is 0 Å². The van der Waals surface area contributed by atoms with Crippen molar-refractivity contribution in [2.75, 3.05) is 0 Å². The minimum absolute atomic E-state index is 0.0857. The van der Waals surface area contributed by atoms with Crippen LogP contribution in [0.25, 0.3) is 16.7 Å². The molecule has 0 aliphatic rings. The Hall–Kier alpha value is -2.06. The fourth-order valence-corrected chi connectivity index (χ4v) is 2.33. The van der Waals surface area contributed by atoms with Crippen molar-refractivity contribution in [3.05, 3.63) is 29.0 Å². The lowest BCUT2D eigenvalue weighted by molar-refractivity contribution is 0.0687. The van der Waals surface area contributed by atoms with Gasteiger partial charge in [-0.15, -0.1) is 5.10 Å². The number of carbonyl (C=O) groups is 1. The van der Waals surface area contributed by atoms with Crippen LogP contribution in [0.15, 0.2) is 18.3 Å². The zero-order valence-corrected chi connectivity index (χ0v) is 10.2. The third-order valence-electron chi connectivity index (χ3n) is 2.33. The molecule has 18 heavy (non-hydrogen) atoms. The zero-order valence-electron chi connectivity index (χ0n) is 8.61. The summed E-state index contributed by atoms with van der Waals surface area (Å²) in [6.07, 6.45) is 1.15. The van der Waals surface area contributed by atoms with Crippen LogP contribution in [0.5, 0.6) is 0 Å². The van der Waals surface area contributed by atoms with Gasteiger partial charge in [0.25, 0.3) is 0 Å². The summed E-state index contributed by atoms with van der Waals surface area (Å²) in [5.74, 6) is -1.14. The molecule has 9 heteroatoms.